The second-order valence-corrected chi connectivity index (χ2v) is 7.41. The van der Waals surface area contributed by atoms with Crippen LogP contribution < -0.4 is 4.90 Å². The third kappa shape index (κ3) is 2.35. The first-order valence-corrected chi connectivity index (χ1v) is 8.35. The number of carboxylic acid groups (broad SMARTS) is 1. The van der Waals surface area contributed by atoms with Crippen LogP contribution in [0.2, 0.25) is 0 Å². The molecule has 1 aliphatic rings. The summed E-state index contributed by atoms with van der Waals surface area (Å²) in [5.41, 5.74) is 0.579. The van der Waals surface area contributed by atoms with E-state index in [2.05, 4.69) is 4.98 Å². The number of pyridine rings is 1. The highest BCUT2D eigenvalue weighted by Gasteiger charge is 2.33. The van der Waals surface area contributed by atoms with Crippen LogP contribution >= 0.6 is 0 Å². The molecule has 112 valence electrons. The van der Waals surface area contributed by atoms with Gasteiger partial charge < -0.3 is 10.0 Å². The van der Waals surface area contributed by atoms with E-state index >= 15 is 0 Å². The van der Waals surface area contributed by atoms with Crippen molar-refractivity contribution in [3.05, 3.63) is 30.1 Å². The molecule has 7 nitrogen and oxygen atoms in total. The summed E-state index contributed by atoms with van der Waals surface area (Å²) in [6, 6.07) is 4.98. The summed E-state index contributed by atoms with van der Waals surface area (Å²) in [5.74, 6) is -0.610. The van der Waals surface area contributed by atoms with E-state index in [-0.39, 0.29) is 23.2 Å². The number of nitrogens with zero attached hydrogens (tertiary/aromatic N) is 3. The second-order valence-electron chi connectivity index (χ2n) is 5.19. The molecule has 0 amide bonds. The molecule has 1 N–H and O–H groups in total. The van der Waals surface area contributed by atoms with Crippen LogP contribution in [0.15, 0.2) is 24.4 Å². The molecule has 0 aromatic carbocycles. The van der Waals surface area contributed by atoms with Crippen molar-refractivity contribution in [1.29, 1.82) is 0 Å². The van der Waals surface area contributed by atoms with Gasteiger partial charge in [0.2, 0.25) is 0 Å². The highest BCUT2D eigenvalue weighted by molar-refractivity contribution is 7.91. The molecule has 0 bridgehead atoms. The summed E-state index contributed by atoms with van der Waals surface area (Å²) in [6.07, 6.45) is 2.13. The highest BCUT2D eigenvalue weighted by Crippen LogP contribution is 2.26. The van der Waals surface area contributed by atoms with Crippen LogP contribution in [0.25, 0.3) is 5.65 Å². The Balaban J connectivity index is 2.07. The summed E-state index contributed by atoms with van der Waals surface area (Å²) < 4.78 is 24.7. The Bertz CT molecular complexity index is 812. The second kappa shape index (κ2) is 4.73. The Labute approximate surface area is 121 Å². The van der Waals surface area contributed by atoms with Crippen LogP contribution in [0.5, 0.6) is 0 Å². The van der Waals surface area contributed by atoms with Crippen LogP contribution in [0, 0.1) is 0 Å². The van der Waals surface area contributed by atoms with E-state index in [1.54, 1.807) is 36.3 Å². The molecule has 1 fully saturated rings. The van der Waals surface area contributed by atoms with Gasteiger partial charge in [-0.1, -0.05) is 6.07 Å². The first kappa shape index (κ1) is 13.9. The number of fused-ring (bicyclic) bond motifs is 1. The molecule has 0 aliphatic carbocycles. The third-order valence-corrected chi connectivity index (χ3v) is 5.55. The number of imidazole rings is 1. The van der Waals surface area contributed by atoms with E-state index in [0.29, 0.717) is 17.9 Å². The number of carbonyl (C=O) groups is 1. The summed E-state index contributed by atoms with van der Waals surface area (Å²) in [7, 11) is -1.34. The first-order chi connectivity index (χ1) is 9.89. The lowest BCUT2D eigenvalue weighted by molar-refractivity contribution is 0.0690. The molecule has 0 saturated carbocycles. The topological polar surface area (TPSA) is 92.0 Å². The number of hydrogen-bond acceptors (Lipinski definition) is 5. The molecule has 0 spiro atoms. The van der Waals surface area contributed by atoms with Crippen molar-refractivity contribution >= 4 is 27.3 Å². The molecule has 2 aromatic rings. The molecular formula is C13H15N3O4S. The molecule has 1 saturated heterocycles. The van der Waals surface area contributed by atoms with E-state index < -0.39 is 15.8 Å². The molecule has 2 aromatic heterocycles. The standard InChI is InChI=1S/C13H15N3O4S/c1-15(9-5-7-21(19,20)8-9)12-11(13(17)18)16-6-3-2-4-10(16)14-12/h2-4,6,9H,5,7-8H2,1H3,(H,17,18). The first-order valence-electron chi connectivity index (χ1n) is 6.53. The maximum atomic E-state index is 11.6. The molecule has 1 atom stereocenters. The van der Waals surface area contributed by atoms with E-state index in [4.69, 9.17) is 0 Å². The number of hydrogen-bond donors (Lipinski definition) is 1. The average molecular weight is 309 g/mol. The van der Waals surface area contributed by atoms with Gasteiger partial charge in [-0.15, -0.1) is 0 Å². The van der Waals surface area contributed by atoms with Gasteiger partial charge in [-0.25, -0.2) is 18.2 Å². The van der Waals surface area contributed by atoms with Gasteiger partial charge in [-0.05, 0) is 18.6 Å². The predicted molar refractivity (Wildman–Crippen MR) is 77.6 cm³/mol. The Kier molecular flexibility index (Phi) is 3.12. The van der Waals surface area contributed by atoms with E-state index in [1.807, 2.05) is 0 Å². The van der Waals surface area contributed by atoms with Gasteiger partial charge in [0.1, 0.15) is 5.65 Å². The van der Waals surface area contributed by atoms with Gasteiger partial charge >= 0.3 is 5.97 Å². The van der Waals surface area contributed by atoms with Gasteiger partial charge in [0.15, 0.2) is 21.3 Å². The Morgan fingerprint density at radius 1 is 1.48 bits per heavy atom. The minimum Gasteiger partial charge on any atom is -0.476 e. The molecule has 1 aliphatic heterocycles. The SMILES string of the molecule is CN(c1nc2ccccn2c1C(=O)O)C1CCS(=O)(=O)C1. The smallest absolute Gasteiger partial charge is 0.356 e. The van der Waals surface area contributed by atoms with E-state index in [1.165, 1.54) is 4.40 Å². The largest absolute Gasteiger partial charge is 0.476 e. The summed E-state index contributed by atoms with van der Waals surface area (Å²) in [6.45, 7) is 0. The van der Waals surface area contributed by atoms with Crippen molar-refractivity contribution in [3.8, 4) is 0 Å². The lowest BCUT2D eigenvalue weighted by Gasteiger charge is -2.23. The minimum absolute atomic E-state index is 0.0381. The zero-order chi connectivity index (χ0) is 15.2. The monoisotopic (exact) mass is 309 g/mol. The quantitative estimate of drug-likeness (QED) is 0.895. The fourth-order valence-corrected chi connectivity index (χ4v) is 4.46. The predicted octanol–water partition coefficient (Wildman–Crippen LogP) is 0.656. The zero-order valence-corrected chi connectivity index (χ0v) is 12.2. The summed E-state index contributed by atoms with van der Waals surface area (Å²) in [5, 5.41) is 9.44. The van der Waals surface area contributed by atoms with Gasteiger partial charge in [0, 0.05) is 19.3 Å². The number of aromatic carboxylic acids is 1. The van der Waals surface area contributed by atoms with Crippen LogP contribution in [0.1, 0.15) is 16.9 Å². The van der Waals surface area contributed by atoms with Crippen molar-refractivity contribution in [2.75, 3.05) is 23.5 Å². The summed E-state index contributed by atoms with van der Waals surface area (Å²) in [4.78, 5) is 17.5. The van der Waals surface area contributed by atoms with E-state index in [9.17, 15) is 18.3 Å². The highest BCUT2D eigenvalue weighted by atomic mass is 32.2. The fraction of sp³-hybridized carbons (Fsp3) is 0.385. The maximum absolute atomic E-state index is 11.6. The molecular weight excluding hydrogens is 294 g/mol. The number of rotatable bonds is 3. The third-order valence-electron chi connectivity index (χ3n) is 3.80. The van der Waals surface area contributed by atoms with Crippen molar-refractivity contribution in [2.45, 2.75) is 12.5 Å². The van der Waals surface area contributed by atoms with Gasteiger partial charge in [0.05, 0.1) is 11.5 Å². The van der Waals surface area contributed by atoms with Gasteiger partial charge in [0.25, 0.3) is 0 Å². The summed E-state index contributed by atoms with van der Waals surface area (Å²) >= 11 is 0. The van der Waals surface area contributed by atoms with Crippen molar-refractivity contribution in [3.63, 3.8) is 0 Å². The molecule has 1 unspecified atom stereocenters. The molecule has 8 heteroatoms. The number of carboxylic acids is 1. The van der Waals surface area contributed by atoms with Crippen LogP contribution in [0.4, 0.5) is 5.82 Å². The molecule has 21 heavy (non-hydrogen) atoms. The number of sulfone groups is 1. The average Bonchev–Trinajstić information content (AvgIpc) is 2.98. The Morgan fingerprint density at radius 2 is 2.24 bits per heavy atom. The number of anilines is 1. The molecule has 3 heterocycles. The van der Waals surface area contributed by atoms with Gasteiger partial charge in [-0.3, -0.25) is 4.40 Å². The molecule has 0 radical (unpaired) electrons. The maximum Gasteiger partial charge on any atom is 0.356 e. The Morgan fingerprint density at radius 3 is 2.86 bits per heavy atom. The van der Waals surface area contributed by atoms with Crippen LogP contribution in [0.3, 0.4) is 0 Å². The van der Waals surface area contributed by atoms with Crippen LogP contribution in [-0.2, 0) is 9.84 Å². The van der Waals surface area contributed by atoms with Crippen molar-refractivity contribution < 1.29 is 18.3 Å². The van der Waals surface area contributed by atoms with Crippen LogP contribution in [-0.4, -0.2) is 53.5 Å². The van der Waals surface area contributed by atoms with E-state index in [0.717, 1.165) is 0 Å². The van der Waals surface area contributed by atoms with Gasteiger partial charge in [-0.2, -0.15) is 0 Å². The Hall–Kier alpha value is -2.09. The number of aromatic nitrogens is 2. The van der Waals surface area contributed by atoms with Crippen molar-refractivity contribution in [2.24, 2.45) is 0 Å². The lowest BCUT2D eigenvalue weighted by atomic mass is 10.2. The lowest BCUT2D eigenvalue weighted by Crippen LogP contribution is -2.34. The zero-order valence-electron chi connectivity index (χ0n) is 11.4. The normalized spacial score (nSPS) is 20.7. The minimum atomic E-state index is -3.04. The molecule has 3 rings (SSSR count). The fourth-order valence-electron chi connectivity index (χ4n) is 2.68. The van der Waals surface area contributed by atoms with Crippen molar-refractivity contribution in [1.82, 2.24) is 9.38 Å².